The molecule has 3 rings (SSSR count). The number of nitrogens with zero attached hydrogens (tertiary/aromatic N) is 2. The maximum Gasteiger partial charge on any atom is 0.163 e. The zero-order chi connectivity index (χ0) is 11.2. The third kappa shape index (κ3) is 1.39. The smallest absolute Gasteiger partial charge is 0.163 e. The minimum atomic E-state index is -0.355. The van der Waals surface area contributed by atoms with Crippen LogP contribution in [-0.4, -0.2) is 16.6 Å². The van der Waals surface area contributed by atoms with Crippen LogP contribution in [-0.2, 0) is 10.3 Å². The second kappa shape index (κ2) is 3.40. The number of hydrogen-bond acceptors (Lipinski definition) is 5. The molecule has 0 saturated carbocycles. The van der Waals surface area contributed by atoms with Crippen LogP contribution >= 0.6 is 11.3 Å². The second-order valence-corrected chi connectivity index (χ2v) is 5.15. The molecule has 1 fully saturated rings. The Hall–Kier alpha value is -1.20. The summed E-state index contributed by atoms with van der Waals surface area (Å²) in [5.41, 5.74) is 5.57. The highest BCUT2D eigenvalue weighted by atomic mass is 32.1. The minimum absolute atomic E-state index is 0.355. The summed E-state index contributed by atoms with van der Waals surface area (Å²) in [4.78, 5) is 9.87. The van der Waals surface area contributed by atoms with Crippen LogP contribution < -0.4 is 5.73 Å². The monoisotopic (exact) mass is 235 g/mol. The molecule has 0 amide bonds. The molecule has 5 heteroatoms. The van der Waals surface area contributed by atoms with Gasteiger partial charge >= 0.3 is 0 Å². The number of rotatable bonds is 1. The van der Waals surface area contributed by atoms with Gasteiger partial charge in [-0.3, -0.25) is 0 Å². The summed E-state index contributed by atoms with van der Waals surface area (Å²) in [6.07, 6.45) is 2.02. The summed E-state index contributed by atoms with van der Waals surface area (Å²) in [7, 11) is 0. The Kier molecular flexibility index (Phi) is 2.12. The van der Waals surface area contributed by atoms with Crippen molar-refractivity contribution in [2.24, 2.45) is 0 Å². The van der Waals surface area contributed by atoms with Crippen LogP contribution in [0, 0.1) is 0 Å². The molecule has 16 heavy (non-hydrogen) atoms. The van der Waals surface area contributed by atoms with E-state index >= 15 is 0 Å². The van der Waals surface area contributed by atoms with Gasteiger partial charge in [-0.2, -0.15) is 0 Å². The molecule has 3 heterocycles. The summed E-state index contributed by atoms with van der Waals surface area (Å²) < 4.78 is 5.73. The number of hydrogen-bond donors (Lipinski definition) is 1. The molecule has 1 unspecified atom stereocenters. The van der Waals surface area contributed by atoms with Crippen molar-refractivity contribution < 1.29 is 4.74 Å². The third-order valence-corrected chi connectivity index (χ3v) is 3.85. The van der Waals surface area contributed by atoms with Crippen molar-refractivity contribution >= 4 is 27.4 Å². The predicted molar refractivity (Wildman–Crippen MR) is 64.4 cm³/mol. The fraction of sp³-hybridized carbons (Fsp3) is 0.455. The number of aromatic nitrogens is 2. The number of anilines is 1. The van der Waals surface area contributed by atoms with Crippen LogP contribution in [0.1, 0.15) is 25.6 Å². The normalized spacial score (nSPS) is 25.3. The molecule has 0 aliphatic carbocycles. The molecular formula is C11H13N3OS. The first-order valence-electron chi connectivity index (χ1n) is 5.34. The molecule has 0 aromatic carbocycles. The van der Waals surface area contributed by atoms with E-state index in [4.69, 9.17) is 10.5 Å². The summed E-state index contributed by atoms with van der Waals surface area (Å²) in [6.45, 7) is 2.82. The Morgan fingerprint density at radius 1 is 1.50 bits per heavy atom. The number of ether oxygens (including phenoxy) is 1. The largest absolute Gasteiger partial charge is 0.383 e. The first kappa shape index (κ1) is 9.99. The fourth-order valence-electron chi connectivity index (χ4n) is 2.07. The van der Waals surface area contributed by atoms with Gasteiger partial charge in [0.05, 0.1) is 5.39 Å². The molecule has 0 bridgehead atoms. The molecule has 1 atom stereocenters. The average molecular weight is 235 g/mol. The number of nitrogen functional groups attached to an aromatic ring is 1. The molecule has 1 aliphatic heterocycles. The Balaban J connectivity index is 2.16. The van der Waals surface area contributed by atoms with Gasteiger partial charge in [0.25, 0.3) is 0 Å². The molecule has 2 N–H and O–H groups in total. The van der Waals surface area contributed by atoms with E-state index in [2.05, 4.69) is 9.97 Å². The van der Waals surface area contributed by atoms with Crippen molar-refractivity contribution in [3.63, 3.8) is 0 Å². The van der Waals surface area contributed by atoms with E-state index in [1.54, 1.807) is 11.3 Å². The number of nitrogens with two attached hydrogens (primary N) is 1. The third-order valence-electron chi connectivity index (χ3n) is 3.05. The Morgan fingerprint density at radius 3 is 3.12 bits per heavy atom. The number of thiophene rings is 1. The lowest BCUT2D eigenvalue weighted by Gasteiger charge is -2.21. The van der Waals surface area contributed by atoms with Crippen molar-refractivity contribution in [3.05, 3.63) is 17.3 Å². The molecule has 2 aromatic heterocycles. The Morgan fingerprint density at radius 2 is 2.38 bits per heavy atom. The maximum atomic E-state index is 5.93. The van der Waals surface area contributed by atoms with Gasteiger partial charge in [0.15, 0.2) is 5.82 Å². The molecule has 0 spiro atoms. The maximum absolute atomic E-state index is 5.93. The Labute approximate surface area is 97.5 Å². The lowest BCUT2D eigenvalue weighted by Crippen LogP contribution is -2.23. The van der Waals surface area contributed by atoms with Gasteiger partial charge in [0.2, 0.25) is 0 Å². The summed E-state index contributed by atoms with van der Waals surface area (Å²) in [6, 6.07) is 1.96. The van der Waals surface area contributed by atoms with Crippen LogP contribution in [0.2, 0.25) is 0 Å². The van der Waals surface area contributed by atoms with Gasteiger partial charge in [0, 0.05) is 6.61 Å². The van der Waals surface area contributed by atoms with Gasteiger partial charge in [-0.1, -0.05) is 0 Å². The summed E-state index contributed by atoms with van der Waals surface area (Å²) >= 11 is 1.59. The van der Waals surface area contributed by atoms with Crippen LogP contribution in [0.15, 0.2) is 11.4 Å². The topological polar surface area (TPSA) is 61.0 Å². The van der Waals surface area contributed by atoms with Gasteiger partial charge in [0.1, 0.15) is 16.2 Å². The molecule has 2 aromatic rings. The van der Waals surface area contributed by atoms with Crippen molar-refractivity contribution in [3.8, 4) is 0 Å². The highest BCUT2D eigenvalue weighted by molar-refractivity contribution is 7.16. The van der Waals surface area contributed by atoms with Crippen LogP contribution in [0.4, 0.5) is 5.82 Å². The van der Waals surface area contributed by atoms with E-state index in [1.165, 1.54) is 0 Å². The van der Waals surface area contributed by atoms with E-state index in [-0.39, 0.29) is 5.60 Å². The lowest BCUT2D eigenvalue weighted by atomic mass is 10.0. The average Bonchev–Trinajstić information content (AvgIpc) is 2.86. The highest BCUT2D eigenvalue weighted by Gasteiger charge is 2.35. The SMILES string of the molecule is CC1(c2nc(N)c3ccsc3n2)CCCO1. The summed E-state index contributed by atoms with van der Waals surface area (Å²) in [5, 5.41) is 2.92. The molecule has 0 radical (unpaired) electrons. The van der Waals surface area contributed by atoms with Crippen molar-refractivity contribution in [2.75, 3.05) is 12.3 Å². The molecular weight excluding hydrogens is 222 g/mol. The van der Waals surface area contributed by atoms with Gasteiger partial charge in [-0.05, 0) is 31.2 Å². The highest BCUT2D eigenvalue weighted by Crippen LogP contribution is 2.35. The van der Waals surface area contributed by atoms with Crippen LogP contribution in [0.3, 0.4) is 0 Å². The fourth-order valence-corrected chi connectivity index (χ4v) is 2.84. The summed E-state index contributed by atoms with van der Waals surface area (Å²) in [5.74, 6) is 1.27. The van der Waals surface area contributed by atoms with Crippen molar-refractivity contribution in [1.82, 2.24) is 9.97 Å². The van der Waals surface area contributed by atoms with E-state index in [1.807, 2.05) is 18.4 Å². The van der Waals surface area contributed by atoms with E-state index < -0.39 is 0 Å². The van der Waals surface area contributed by atoms with Gasteiger partial charge < -0.3 is 10.5 Å². The molecule has 1 aliphatic rings. The van der Waals surface area contributed by atoms with E-state index in [0.29, 0.717) is 5.82 Å². The zero-order valence-electron chi connectivity index (χ0n) is 9.06. The quantitative estimate of drug-likeness (QED) is 0.823. The van der Waals surface area contributed by atoms with Gasteiger partial charge in [-0.15, -0.1) is 11.3 Å². The first-order chi connectivity index (χ1) is 7.69. The molecule has 1 saturated heterocycles. The van der Waals surface area contributed by atoms with E-state index in [0.717, 1.165) is 35.5 Å². The lowest BCUT2D eigenvalue weighted by molar-refractivity contribution is 0.00977. The zero-order valence-corrected chi connectivity index (χ0v) is 9.88. The van der Waals surface area contributed by atoms with E-state index in [9.17, 15) is 0 Å². The predicted octanol–water partition coefficient (Wildman–Crippen LogP) is 2.30. The molecule has 84 valence electrons. The van der Waals surface area contributed by atoms with Crippen LogP contribution in [0.5, 0.6) is 0 Å². The van der Waals surface area contributed by atoms with Gasteiger partial charge in [-0.25, -0.2) is 9.97 Å². The van der Waals surface area contributed by atoms with Crippen LogP contribution in [0.25, 0.3) is 10.2 Å². The number of fused-ring (bicyclic) bond motifs is 1. The Bertz CT molecular complexity index is 531. The first-order valence-corrected chi connectivity index (χ1v) is 6.22. The second-order valence-electron chi connectivity index (χ2n) is 4.25. The minimum Gasteiger partial charge on any atom is -0.383 e. The van der Waals surface area contributed by atoms with Crippen molar-refractivity contribution in [2.45, 2.75) is 25.4 Å². The molecule has 4 nitrogen and oxygen atoms in total. The standard InChI is InChI=1S/C11H13N3OS/c1-11(4-2-5-15-11)10-13-8(12)7-3-6-16-9(7)14-10/h3,6H,2,4-5H2,1H3,(H2,12,13,14). The van der Waals surface area contributed by atoms with Crippen molar-refractivity contribution in [1.29, 1.82) is 0 Å².